The van der Waals surface area contributed by atoms with Crippen LogP contribution in [-0.4, -0.2) is 13.1 Å². The molecule has 0 spiro atoms. The third kappa shape index (κ3) is 2.40. The number of benzene rings is 2. The largest absolute Gasteiger partial charge is 0.465 e. The van der Waals surface area contributed by atoms with E-state index in [4.69, 9.17) is 16.3 Å². The number of allylic oxidation sites excluding steroid dienone is 2. The molecule has 0 radical (unpaired) electrons. The van der Waals surface area contributed by atoms with Crippen molar-refractivity contribution in [2.45, 2.75) is 18.4 Å². The number of rotatable bonds is 2. The molecular weight excluding hydrogens is 322 g/mol. The van der Waals surface area contributed by atoms with Crippen LogP contribution in [0.1, 0.15) is 39.9 Å². The maximum Gasteiger partial charge on any atom is 0.337 e. The first-order valence-electron chi connectivity index (χ1n) is 8.09. The van der Waals surface area contributed by atoms with E-state index >= 15 is 0 Å². The fourth-order valence-corrected chi connectivity index (χ4v) is 4.09. The molecule has 0 amide bonds. The van der Waals surface area contributed by atoms with Gasteiger partial charge in [0.05, 0.1) is 29.4 Å². The molecule has 0 aromatic heterocycles. The standard InChI is InChI=1S/C20H18ClNO2/c1-24-20(23)13-10-8-12(9-11-13)18-15-5-2-4-14(15)16-6-3-7-17(21)19(16)22-18/h2-4,6-11,14-15,18,22H,5H2,1H3/t14-,15+,18+/m0/s1. The molecule has 24 heavy (non-hydrogen) atoms. The molecule has 0 saturated carbocycles. The van der Waals surface area contributed by atoms with Gasteiger partial charge in [-0.3, -0.25) is 0 Å². The number of carbonyl (C=O) groups excluding carboxylic acids is 1. The van der Waals surface area contributed by atoms with Crippen molar-refractivity contribution in [3.63, 3.8) is 0 Å². The van der Waals surface area contributed by atoms with Crippen LogP contribution in [0.2, 0.25) is 5.02 Å². The molecule has 3 nitrogen and oxygen atoms in total. The molecule has 122 valence electrons. The van der Waals surface area contributed by atoms with E-state index < -0.39 is 0 Å². The lowest BCUT2D eigenvalue weighted by molar-refractivity contribution is 0.0600. The van der Waals surface area contributed by atoms with Crippen molar-refractivity contribution in [3.05, 3.63) is 76.3 Å². The van der Waals surface area contributed by atoms with E-state index in [0.717, 1.165) is 22.7 Å². The smallest absolute Gasteiger partial charge is 0.337 e. The zero-order chi connectivity index (χ0) is 16.7. The summed E-state index contributed by atoms with van der Waals surface area (Å²) in [5.74, 6) is 0.525. The number of nitrogens with one attached hydrogen (secondary N) is 1. The van der Waals surface area contributed by atoms with E-state index in [1.54, 1.807) is 0 Å². The van der Waals surface area contributed by atoms with Gasteiger partial charge in [-0.05, 0) is 41.7 Å². The van der Waals surface area contributed by atoms with E-state index in [0.29, 0.717) is 17.4 Å². The average Bonchev–Trinajstić information content (AvgIpc) is 3.11. The summed E-state index contributed by atoms with van der Waals surface area (Å²) in [5.41, 5.74) is 4.02. The van der Waals surface area contributed by atoms with Gasteiger partial charge >= 0.3 is 5.97 Å². The number of ether oxygens (including phenoxy) is 1. The Bertz CT molecular complexity index is 813. The zero-order valence-corrected chi connectivity index (χ0v) is 14.1. The number of para-hydroxylation sites is 1. The van der Waals surface area contributed by atoms with Crippen LogP contribution in [0.25, 0.3) is 0 Å². The van der Waals surface area contributed by atoms with Gasteiger partial charge in [0.15, 0.2) is 0 Å². The summed E-state index contributed by atoms with van der Waals surface area (Å²) in [4.78, 5) is 11.6. The SMILES string of the molecule is COC(=O)c1ccc([C@H]2Nc3c(Cl)cccc3[C@H]3C=CC[C@H]32)cc1. The molecule has 2 aliphatic rings. The van der Waals surface area contributed by atoms with Crippen molar-refractivity contribution in [2.75, 3.05) is 12.4 Å². The minimum atomic E-state index is -0.313. The minimum absolute atomic E-state index is 0.170. The average molecular weight is 340 g/mol. The highest BCUT2D eigenvalue weighted by Crippen LogP contribution is 2.51. The first-order valence-corrected chi connectivity index (χ1v) is 8.46. The molecule has 1 N–H and O–H groups in total. The zero-order valence-electron chi connectivity index (χ0n) is 13.3. The Morgan fingerprint density at radius 1 is 1.21 bits per heavy atom. The Kier molecular flexibility index (Phi) is 3.81. The molecule has 4 heteroatoms. The number of fused-ring (bicyclic) bond motifs is 3. The van der Waals surface area contributed by atoms with E-state index in [-0.39, 0.29) is 12.0 Å². The monoisotopic (exact) mass is 339 g/mol. The second kappa shape index (κ2) is 5.99. The third-order valence-corrected chi connectivity index (χ3v) is 5.35. The van der Waals surface area contributed by atoms with Gasteiger partial charge < -0.3 is 10.1 Å². The lowest BCUT2D eigenvalue weighted by atomic mass is 9.77. The Hall–Kier alpha value is -2.26. The Balaban J connectivity index is 1.71. The quantitative estimate of drug-likeness (QED) is 0.621. The Morgan fingerprint density at radius 3 is 2.75 bits per heavy atom. The number of hydrogen-bond donors (Lipinski definition) is 1. The Morgan fingerprint density at radius 2 is 2.00 bits per heavy atom. The van der Waals surface area contributed by atoms with E-state index in [2.05, 4.69) is 23.5 Å². The first-order chi connectivity index (χ1) is 11.7. The molecule has 0 unspecified atom stereocenters. The van der Waals surface area contributed by atoms with Crippen molar-refractivity contribution in [1.29, 1.82) is 0 Å². The van der Waals surface area contributed by atoms with E-state index in [1.165, 1.54) is 12.7 Å². The molecule has 1 aliphatic heterocycles. The summed E-state index contributed by atoms with van der Waals surface area (Å²) >= 11 is 6.42. The van der Waals surface area contributed by atoms with Crippen LogP contribution in [0.3, 0.4) is 0 Å². The second-order valence-corrected chi connectivity index (χ2v) is 6.70. The van der Waals surface area contributed by atoms with Gasteiger partial charge in [-0.15, -0.1) is 0 Å². The highest BCUT2D eigenvalue weighted by Gasteiger charge is 2.38. The van der Waals surface area contributed by atoms with Gasteiger partial charge in [0.2, 0.25) is 0 Å². The van der Waals surface area contributed by atoms with Gasteiger partial charge in [-0.2, -0.15) is 0 Å². The molecule has 0 fully saturated rings. The van der Waals surface area contributed by atoms with Crippen LogP contribution in [0.4, 0.5) is 5.69 Å². The molecular formula is C20H18ClNO2. The van der Waals surface area contributed by atoms with Gasteiger partial charge in [0.1, 0.15) is 0 Å². The van der Waals surface area contributed by atoms with Crippen LogP contribution in [-0.2, 0) is 4.74 Å². The minimum Gasteiger partial charge on any atom is -0.465 e. The number of esters is 1. The lowest BCUT2D eigenvalue weighted by Crippen LogP contribution is -2.29. The van der Waals surface area contributed by atoms with Crippen molar-refractivity contribution < 1.29 is 9.53 Å². The molecule has 4 rings (SSSR count). The molecule has 2 aromatic rings. The predicted octanol–water partition coefficient (Wildman–Crippen LogP) is 4.95. The third-order valence-electron chi connectivity index (χ3n) is 5.04. The molecule has 0 bridgehead atoms. The summed E-state index contributed by atoms with van der Waals surface area (Å²) in [6, 6.07) is 13.9. The maximum absolute atomic E-state index is 11.6. The van der Waals surface area contributed by atoms with Crippen molar-refractivity contribution >= 4 is 23.3 Å². The van der Waals surface area contributed by atoms with Crippen LogP contribution >= 0.6 is 11.6 Å². The Labute approximate surface area is 146 Å². The second-order valence-electron chi connectivity index (χ2n) is 6.29. The highest BCUT2D eigenvalue weighted by molar-refractivity contribution is 6.33. The van der Waals surface area contributed by atoms with Crippen molar-refractivity contribution in [1.82, 2.24) is 0 Å². The summed E-state index contributed by atoms with van der Waals surface area (Å²) in [7, 11) is 1.40. The first kappa shape index (κ1) is 15.3. The number of anilines is 1. The van der Waals surface area contributed by atoms with Crippen LogP contribution < -0.4 is 5.32 Å². The van der Waals surface area contributed by atoms with Crippen LogP contribution in [0.5, 0.6) is 0 Å². The number of methoxy groups -OCH3 is 1. The normalized spacial score (nSPS) is 24.0. The lowest BCUT2D eigenvalue weighted by Gasteiger charge is -2.38. The van der Waals surface area contributed by atoms with Gasteiger partial charge in [-0.1, -0.05) is 48.0 Å². The van der Waals surface area contributed by atoms with Gasteiger partial charge in [0.25, 0.3) is 0 Å². The maximum atomic E-state index is 11.6. The molecule has 3 atom stereocenters. The number of halogens is 1. The molecule has 0 saturated heterocycles. The number of hydrogen-bond acceptors (Lipinski definition) is 3. The van der Waals surface area contributed by atoms with Crippen LogP contribution in [0, 0.1) is 5.92 Å². The van der Waals surface area contributed by atoms with Gasteiger partial charge in [0, 0.05) is 5.92 Å². The topological polar surface area (TPSA) is 38.3 Å². The fourth-order valence-electron chi connectivity index (χ4n) is 3.86. The van der Waals surface area contributed by atoms with Crippen molar-refractivity contribution in [3.8, 4) is 0 Å². The summed E-state index contributed by atoms with van der Waals surface area (Å²) in [6.07, 6.45) is 5.58. The highest BCUT2D eigenvalue weighted by atomic mass is 35.5. The predicted molar refractivity (Wildman–Crippen MR) is 95.6 cm³/mol. The molecule has 1 aliphatic carbocycles. The van der Waals surface area contributed by atoms with Crippen LogP contribution in [0.15, 0.2) is 54.6 Å². The summed E-state index contributed by atoms with van der Waals surface area (Å²) in [5, 5.41) is 4.38. The number of carbonyl (C=O) groups is 1. The van der Waals surface area contributed by atoms with E-state index in [9.17, 15) is 4.79 Å². The van der Waals surface area contributed by atoms with Gasteiger partial charge in [-0.25, -0.2) is 4.79 Å². The van der Waals surface area contributed by atoms with E-state index in [1.807, 2.05) is 36.4 Å². The summed E-state index contributed by atoms with van der Waals surface area (Å²) in [6.45, 7) is 0. The van der Waals surface area contributed by atoms with Crippen molar-refractivity contribution in [2.24, 2.45) is 5.92 Å². The fraction of sp³-hybridized carbons (Fsp3) is 0.250. The summed E-state index contributed by atoms with van der Waals surface area (Å²) < 4.78 is 4.77. The molecule has 1 heterocycles. The molecule has 2 aromatic carbocycles.